The lowest BCUT2D eigenvalue weighted by molar-refractivity contribution is -0.124. The van der Waals surface area contributed by atoms with E-state index in [2.05, 4.69) is 31.4 Å². The molecule has 6 nitrogen and oxygen atoms in total. The van der Waals surface area contributed by atoms with Crippen molar-refractivity contribution in [3.8, 4) is 0 Å². The fraction of sp³-hybridized carbons (Fsp3) is 0.462. The Bertz CT molecular complexity index is 632. The number of rotatable bonds is 5. The molecule has 0 saturated heterocycles. The van der Waals surface area contributed by atoms with Gasteiger partial charge in [0.05, 0.1) is 21.7 Å². The molecular weight excluding hydrogens is 358 g/mol. The third-order valence-corrected chi connectivity index (χ3v) is 4.27. The summed E-state index contributed by atoms with van der Waals surface area (Å²) >= 11 is 9.45. The molecule has 0 spiro atoms. The lowest BCUT2D eigenvalue weighted by Gasteiger charge is -2.12. The standard InChI is InChI=1S/C13H17BrClN5O/c1-4-19-7-11(15)12(18-19)5-16-13(21)9(3)20-6-10(14)8(2)17-20/h6-7,9H,4-5H2,1-3H3,(H,16,21). The third kappa shape index (κ3) is 3.65. The molecule has 0 fully saturated rings. The first-order chi connectivity index (χ1) is 9.92. The Labute approximate surface area is 136 Å². The lowest BCUT2D eigenvalue weighted by Crippen LogP contribution is -2.31. The molecule has 1 amide bonds. The van der Waals surface area contributed by atoms with Gasteiger partial charge in [-0.15, -0.1) is 0 Å². The fourth-order valence-electron chi connectivity index (χ4n) is 1.82. The Morgan fingerprint density at radius 2 is 2.19 bits per heavy atom. The van der Waals surface area contributed by atoms with E-state index < -0.39 is 6.04 Å². The normalized spacial score (nSPS) is 12.4. The molecule has 0 aromatic carbocycles. The predicted octanol–water partition coefficient (Wildman–Crippen LogP) is 2.70. The number of hydrogen-bond acceptors (Lipinski definition) is 3. The summed E-state index contributed by atoms with van der Waals surface area (Å²) in [7, 11) is 0. The van der Waals surface area contributed by atoms with Crippen molar-refractivity contribution < 1.29 is 4.79 Å². The highest BCUT2D eigenvalue weighted by Crippen LogP contribution is 2.17. The molecule has 8 heteroatoms. The summed E-state index contributed by atoms with van der Waals surface area (Å²) in [5.74, 6) is -0.132. The number of carbonyl (C=O) groups is 1. The number of carbonyl (C=O) groups excluding carboxylic acids is 1. The summed E-state index contributed by atoms with van der Waals surface area (Å²) in [4.78, 5) is 12.2. The summed E-state index contributed by atoms with van der Waals surface area (Å²) in [6.45, 7) is 6.69. The van der Waals surface area contributed by atoms with Crippen LogP contribution in [0.2, 0.25) is 5.02 Å². The van der Waals surface area contributed by atoms with Crippen LogP contribution in [-0.4, -0.2) is 25.5 Å². The van der Waals surface area contributed by atoms with Crippen molar-refractivity contribution in [2.75, 3.05) is 0 Å². The van der Waals surface area contributed by atoms with Crippen LogP contribution in [0, 0.1) is 6.92 Å². The highest BCUT2D eigenvalue weighted by molar-refractivity contribution is 9.10. The maximum atomic E-state index is 12.2. The number of nitrogens with one attached hydrogen (secondary N) is 1. The van der Waals surface area contributed by atoms with Crippen LogP contribution >= 0.6 is 27.5 Å². The number of hydrogen-bond donors (Lipinski definition) is 1. The number of amides is 1. The van der Waals surface area contributed by atoms with Crippen LogP contribution in [0.15, 0.2) is 16.9 Å². The summed E-state index contributed by atoms with van der Waals surface area (Å²) in [6, 6.07) is -0.401. The van der Waals surface area contributed by atoms with E-state index in [0.29, 0.717) is 17.3 Å². The zero-order valence-electron chi connectivity index (χ0n) is 12.1. The van der Waals surface area contributed by atoms with Crippen LogP contribution in [0.4, 0.5) is 0 Å². The molecule has 1 atom stereocenters. The van der Waals surface area contributed by atoms with Crippen molar-refractivity contribution in [3.63, 3.8) is 0 Å². The molecule has 1 unspecified atom stereocenters. The number of aryl methyl sites for hydroxylation is 2. The molecule has 1 N–H and O–H groups in total. The van der Waals surface area contributed by atoms with Gasteiger partial charge in [0.1, 0.15) is 11.7 Å². The molecule has 0 aliphatic heterocycles. The van der Waals surface area contributed by atoms with Crippen LogP contribution in [0.25, 0.3) is 0 Å². The maximum absolute atomic E-state index is 12.2. The van der Waals surface area contributed by atoms with Gasteiger partial charge >= 0.3 is 0 Å². The van der Waals surface area contributed by atoms with E-state index in [1.165, 1.54) is 0 Å². The Morgan fingerprint density at radius 3 is 2.71 bits per heavy atom. The van der Waals surface area contributed by atoms with Gasteiger partial charge in [0.25, 0.3) is 0 Å². The van der Waals surface area contributed by atoms with Crippen molar-refractivity contribution in [3.05, 3.63) is 33.3 Å². The predicted molar refractivity (Wildman–Crippen MR) is 84.1 cm³/mol. The largest absolute Gasteiger partial charge is 0.348 e. The lowest BCUT2D eigenvalue weighted by atomic mass is 10.3. The van der Waals surface area contributed by atoms with Gasteiger partial charge in [-0.2, -0.15) is 10.2 Å². The van der Waals surface area contributed by atoms with Crippen molar-refractivity contribution >= 4 is 33.4 Å². The topological polar surface area (TPSA) is 64.7 Å². The van der Waals surface area contributed by atoms with Crippen LogP contribution < -0.4 is 5.32 Å². The second kappa shape index (κ2) is 6.62. The molecule has 2 heterocycles. The zero-order valence-corrected chi connectivity index (χ0v) is 14.4. The second-order valence-electron chi connectivity index (χ2n) is 4.72. The molecule has 2 rings (SSSR count). The first-order valence-electron chi connectivity index (χ1n) is 6.63. The minimum atomic E-state index is -0.401. The van der Waals surface area contributed by atoms with Gasteiger partial charge in [0, 0.05) is 18.9 Å². The first kappa shape index (κ1) is 16.0. The average molecular weight is 375 g/mol. The Hall–Kier alpha value is -1.34. The van der Waals surface area contributed by atoms with E-state index >= 15 is 0 Å². The van der Waals surface area contributed by atoms with Crippen molar-refractivity contribution in [2.45, 2.75) is 39.9 Å². The smallest absolute Gasteiger partial charge is 0.244 e. The van der Waals surface area contributed by atoms with Gasteiger partial charge in [-0.3, -0.25) is 14.2 Å². The van der Waals surface area contributed by atoms with E-state index in [0.717, 1.165) is 16.7 Å². The van der Waals surface area contributed by atoms with Gasteiger partial charge in [-0.05, 0) is 36.7 Å². The zero-order chi connectivity index (χ0) is 15.6. The third-order valence-electron chi connectivity index (χ3n) is 3.17. The monoisotopic (exact) mass is 373 g/mol. The SMILES string of the molecule is CCn1cc(Cl)c(CNC(=O)C(C)n2cc(Br)c(C)n2)n1. The van der Waals surface area contributed by atoms with Gasteiger partial charge < -0.3 is 5.32 Å². The van der Waals surface area contributed by atoms with Crippen molar-refractivity contribution in [1.82, 2.24) is 24.9 Å². The molecule has 2 aromatic rings. The molecule has 0 saturated carbocycles. The Kier molecular flexibility index (Phi) is 5.05. The highest BCUT2D eigenvalue weighted by Gasteiger charge is 2.17. The summed E-state index contributed by atoms with van der Waals surface area (Å²) in [5, 5.41) is 12.0. The summed E-state index contributed by atoms with van der Waals surface area (Å²) in [6.07, 6.45) is 3.54. The molecule has 0 radical (unpaired) electrons. The number of halogens is 2. The van der Waals surface area contributed by atoms with E-state index in [1.54, 1.807) is 28.7 Å². The average Bonchev–Trinajstić information content (AvgIpc) is 2.98. The van der Waals surface area contributed by atoms with Crippen LogP contribution in [0.1, 0.15) is 31.3 Å². The Balaban J connectivity index is 1.99. The minimum absolute atomic E-state index is 0.132. The fourth-order valence-corrected chi connectivity index (χ4v) is 2.32. The van der Waals surface area contributed by atoms with Crippen LogP contribution in [0.3, 0.4) is 0 Å². The molecule has 114 valence electrons. The van der Waals surface area contributed by atoms with Crippen LogP contribution in [-0.2, 0) is 17.9 Å². The van der Waals surface area contributed by atoms with E-state index in [1.807, 2.05) is 13.8 Å². The van der Waals surface area contributed by atoms with Gasteiger partial charge in [-0.1, -0.05) is 11.6 Å². The molecule has 0 bridgehead atoms. The molecule has 0 aliphatic rings. The minimum Gasteiger partial charge on any atom is -0.348 e. The number of nitrogens with zero attached hydrogens (tertiary/aromatic N) is 4. The van der Waals surface area contributed by atoms with Crippen molar-refractivity contribution in [2.24, 2.45) is 0 Å². The van der Waals surface area contributed by atoms with Crippen LogP contribution in [0.5, 0.6) is 0 Å². The molecule has 21 heavy (non-hydrogen) atoms. The van der Waals surface area contributed by atoms with E-state index in [4.69, 9.17) is 11.6 Å². The number of aromatic nitrogens is 4. The van der Waals surface area contributed by atoms with Gasteiger partial charge in [-0.25, -0.2) is 0 Å². The molecule has 0 aliphatic carbocycles. The van der Waals surface area contributed by atoms with E-state index in [-0.39, 0.29) is 5.91 Å². The van der Waals surface area contributed by atoms with E-state index in [9.17, 15) is 4.79 Å². The van der Waals surface area contributed by atoms with Gasteiger partial charge in [0.15, 0.2) is 0 Å². The maximum Gasteiger partial charge on any atom is 0.244 e. The quantitative estimate of drug-likeness (QED) is 0.875. The molecule has 2 aromatic heterocycles. The van der Waals surface area contributed by atoms with Gasteiger partial charge in [0.2, 0.25) is 5.91 Å². The summed E-state index contributed by atoms with van der Waals surface area (Å²) in [5.41, 5.74) is 1.51. The highest BCUT2D eigenvalue weighted by atomic mass is 79.9. The summed E-state index contributed by atoms with van der Waals surface area (Å²) < 4.78 is 4.24. The first-order valence-corrected chi connectivity index (χ1v) is 7.80. The Morgan fingerprint density at radius 1 is 1.48 bits per heavy atom. The molecular formula is C13H17BrClN5O. The van der Waals surface area contributed by atoms with Crippen molar-refractivity contribution in [1.29, 1.82) is 0 Å². The second-order valence-corrected chi connectivity index (χ2v) is 5.98.